The third kappa shape index (κ3) is 2.58. The summed E-state index contributed by atoms with van der Waals surface area (Å²) in [5.74, 6) is -1.60. The van der Waals surface area contributed by atoms with Crippen LogP contribution in [-0.2, 0) is 9.84 Å². The number of hydrogen-bond donors (Lipinski definition) is 1. The summed E-state index contributed by atoms with van der Waals surface area (Å²) in [6.07, 6.45) is -1.14. The predicted molar refractivity (Wildman–Crippen MR) is 84.2 cm³/mol. The van der Waals surface area contributed by atoms with Gasteiger partial charge in [0.05, 0.1) is 23.7 Å². The number of sulfone groups is 1. The zero-order valence-corrected chi connectivity index (χ0v) is 13.8. The summed E-state index contributed by atoms with van der Waals surface area (Å²) in [7, 11) is -1.93. The summed E-state index contributed by atoms with van der Waals surface area (Å²) in [4.78, 5) is 26.3. The Morgan fingerprint density at radius 2 is 1.70 bits per heavy atom. The van der Waals surface area contributed by atoms with Crippen molar-refractivity contribution in [3.05, 3.63) is 46.1 Å². The van der Waals surface area contributed by atoms with Crippen LogP contribution < -0.4 is 0 Å². The Labute approximate surface area is 138 Å². The normalized spacial score (nSPS) is 26.4. The molecule has 1 aromatic rings. The van der Waals surface area contributed by atoms with E-state index in [1.807, 2.05) is 0 Å². The van der Waals surface area contributed by atoms with E-state index in [4.69, 9.17) is 11.6 Å². The summed E-state index contributed by atoms with van der Waals surface area (Å²) in [6, 6.07) is 5.50. The van der Waals surface area contributed by atoms with E-state index < -0.39 is 33.5 Å². The number of fused-ring (bicyclic) bond motifs is 1. The lowest BCUT2D eigenvalue weighted by Crippen LogP contribution is -2.43. The van der Waals surface area contributed by atoms with Crippen LogP contribution in [0.4, 0.5) is 0 Å². The molecule has 0 spiro atoms. The van der Waals surface area contributed by atoms with Gasteiger partial charge in [0, 0.05) is 18.2 Å². The summed E-state index contributed by atoms with van der Waals surface area (Å²) in [5, 5.41) is 9.72. The fourth-order valence-corrected chi connectivity index (χ4v) is 5.16. The Hall–Kier alpha value is -1.70. The topological polar surface area (TPSA) is 91.8 Å². The van der Waals surface area contributed by atoms with Gasteiger partial charge in [-0.1, -0.05) is 35.9 Å². The van der Waals surface area contributed by atoms with Crippen LogP contribution in [0.3, 0.4) is 0 Å². The molecule has 0 amide bonds. The minimum atomic E-state index is -3.39. The van der Waals surface area contributed by atoms with Crippen molar-refractivity contribution in [2.75, 3.05) is 18.6 Å². The van der Waals surface area contributed by atoms with E-state index in [1.165, 1.54) is 24.1 Å². The van der Waals surface area contributed by atoms with Gasteiger partial charge in [0.2, 0.25) is 11.6 Å². The van der Waals surface area contributed by atoms with Crippen molar-refractivity contribution in [3.8, 4) is 0 Å². The van der Waals surface area contributed by atoms with E-state index >= 15 is 0 Å². The number of nitrogens with zero attached hydrogens (tertiary/aromatic N) is 1. The number of Topliss-reactive ketones (excluding diaryl/α,β-unsaturated/α-hetero) is 2. The maximum atomic E-state index is 12.7. The second kappa shape index (κ2) is 5.43. The largest absolute Gasteiger partial charge is 0.390 e. The molecule has 1 fully saturated rings. The molecule has 0 saturated carbocycles. The second-order valence-electron chi connectivity index (χ2n) is 5.69. The van der Waals surface area contributed by atoms with Crippen LogP contribution in [0.1, 0.15) is 20.7 Å². The molecule has 0 bridgehead atoms. The maximum absolute atomic E-state index is 12.7. The minimum Gasteiger partial charge on any atom is -0.390 e. The number of ketones is 2. The highest BCUT2D eigenvalue weighted by atomic mass is 35.5. The Morgan fingerprint density at radius 3 is 2.22 bits per heavy atom. The van der Waals surface area contributed by atoms with E-state index in [1.54, 1.807) is 12.1 Å². The molecular formula is C15H14ClNO5S. The molecule has 1 N–H and O–H groups in total. The predicted octanol–water partition coefficient (Wildman–Crippen LogP) is 0.606. The SMILES string of the molecule is CN(C1=C(Cl)C(=O)c2ccccc2C1=O)[C@H]1CS(=O)(=O)C[C@H]1O. The molecule has 2 aliphatic rings. The number of rotatable bonds is 2. The van der Waals surface area contributed by atoms with Gasteiger partial charge in [-0.05, 0) is 0 Å². The number of aliphatic hydroxyl groups is 1. The van der Waals surface area contributed by atoms with Crippen LogP contribution in [0.15, 0.2) is 35.0 Å². The van der Waals surface area contributed by atoms with Gasteiger partial charge in [-0.3, -0.25) is 9.59 Å². The number of halogens is 1. The zero-order valence-electron chi connectivity index (χ0n) is 12.2. The molecule has 6 nitrogen and oxygen atoms in total. The number of likely N-dealkylation sites (N-methyl/N-ethyl adjacent to an activating group) is 1. The van der Waals surface area contributed by atoms with Crippen molar-refractivity contribution in [3.63, 3.8) is 0 Å². The van der Waals surface area contributed by atoms with Crippen molar-refractivity contribution < 1.29 is 23.1 Å². The first-order chi connectivity index (χ1) is 10.7. The number of carbonyl (C=O) groups excluding carboxylic acids is 2. The van der Waals surface area contributed by atoms with E-state index in [0.717, 1.165) is 0 Å². The van der Waals surface area contributed by atoms with Gasteiger partial charge in [-0.25, -0.2) is 8.42 Å². The highest BCUT2D eigenvalue weighted by molar-refractivity contribution is 7.91. The summed E-state index contributed by atoms with van der Waals surface area (Å²) < 4.78 is 23.4. The third-order valence-corrected chi connectivity index (χ3v) is 6.23. The lowest BCUT2D eigenvalue weighted by molar-refractivity contribution is 0.0875. The van der Waals surface area contributed by atoms with Crippen LogP contribution in [0.5, 0.6) is 0 Å². The Bertz CT molecular complexity index is 845. The smallest absolute Gasteiger partial charge is 0.211 e. The van der Waals surface area contributed by atoms with Crippen molar-refractivity contribution in [1.82, 2.24) is 4.90 Å². The molecule has 2 atom stereocenters. The molecule has 23 heavy (non-hydrogen) atoms. The zero-order chi connectivity index (χ0) is 16.9. The highest BCUT2D eigenvalue weighted by Crippen LogP contribution is 2.32. The van der Waals surface area contributed by atoms with Gasteiger partial charge >= 0.3 is 0 Å². The first-order valence-electron chi connectivity index (χ1n) is 6.92. The van der Waals surface area contributed by atoms with Crippen molar-refractivity contribution >= 4 is 33.0 Å². The summed E-state index contributed by atoms with van der Waals surface area (Å²) >= 11 is 6.08. The number of allylic oxidation sites excluding steroid dienone is 2. The standard InChI is InChI=1S/C15H14ClNO5S/c1-17(10-6-23(21,22)7-11(10)18)13-12(16)14(19)8-4-2-3-5-9(8)15(13)20/h2-5,10-11,18H,6-7H2,1H3/t10-,11+/m0/s1. The van der Waals surface area contributed by atoms with Gasteiger partial charge in [-0.2, -0.15) is 0 Å². The third-order valence-electron chi connectivity index (χ3n) is 4.18. The Morgan fingerprint density at radius 1 is 1.13 bits per heavy atom. The summed E-state index contributed by atoms with van der Waals surface area (Å²) in [6.45, 7) is 0. The fraction of sp³-hybridized carbons (Fsp3) is 0.333. The van der Waals surface area contributed by atoms with Crippen LogP contribution >= 0.6 is 11.6 Å². The molecule has 1 aliphatic carbocycles. The van der Waals surface area contributed by atoms with E-state index in [9.17, 15) is 23.1 Å². The fourth-order valence-electron chi connectivity index (χ4n) is 2.99. The molecule has 122 valence electrons. The molecular weight excluding hydrogens is 342 g/mol. The molecule has 1 aromatic carbocycles. The van der Waals surface area contributed by atoms with E-state index in [2.05, 4.69) is 0 Å². The molecule has 0 unspecified atom stereocenters. The van der Waals surface area contributed by atoms with Gasteiger partial charge in [-0.15, -0.1) is 0 Å². The number of hydrogen-bond acceptors (Lipinski definition) is 6. The molecule has 0 radical (unpaired) electrons. The van der Waals surface area contributed by atoms with Gasteiger partial charge < -0.3 is 10.0 Å². The van der Waals surface area contributed by atoms with E-state index in [-0.39, 0.29) is 33.4 Å². The van der Waals surface area contributed by atoms with Crippen LogP contribution in [0.2, 0.25) is 0 Å². The van der Waals surface area contributed by atoms with Gasteiger partial charge in [0.1, 0.15) is 10.7 Å². The van der Waals surface area contributed by atoms with Crippen molar-refractivity contribution in [2.24, 2.45) is 0 Å². The monoisotopic (exact) mass is 355 g/mol. The van der Waals surface area contributed by atoms with Crippen molar-refractivity contribution in [2.45, 2.75) is 12.1 Å². The van der Waals surface area contributed by atoms with Gasteiger partial charge in [0.15, 0.2) is 9.84 Å². The average molecular weight is 356 g/mol. The second-order valence-corrected chi connectivity index (χ2v) is 8.22. The highest BCUT2D eigenvalue weighted by Gasteiger charge is 2.43. The quantitative estimate of drug-likeness (QED) is 0.835. The van der Waals surface area contributed by atoms with E-state index in [0.29, 0.717) is 0 Å². The van der Waals surface area contributed by atoms with Crippen molar-refractivity contribution in [1.29, 1.82) is 0 Å². The number of carbonyl (C=O) groups is 2. The molecule has 3 rings (SSSR count). The van der Waals surface area contributed by atoms with Crippen LogP contribution in [-0.4, -0.2) is 60.7 Å². The Kier molecular flexibility index (Phi) is 3.82. The molecule has 1 heterocycles. The van der Waals surface area contributed by atoms with Gasteiger partial charge in [0.25, 0.3) is 0 Å². The van der Waals surface area contributed by atoms with Crippen LogP contribution in [0.25, 0.3) is 0 Å². The molecule has 0 aromatic heterocycles. The average Bonchev–Trinajstić information content (AvgIpc) is 2.78. The lowest BCUT2D eigenvalue weighted by Gasteiger charge is -2.32. The molecule has 1 saturated heterocycles. The lowest BCUT2D eigenvalue weighted by atomic mass is 9.91. The molecule has 1 aliphatic heterocycles. The number of aliphatic hydroxyl groups excluding tert-OH is 1. The summed E-state index contributed by atoms with van der Waals surface area (Å²) in [5.41, 5.74) is 0.370. The maximum Gasteiger partial charge on any atom is 0.211 e. The number of benzene rings is 1. The minimum absolute atomic E-state index is 0.0727. The van der Waals surface area contributed by atoms with Crippen LogP contribution in [0, 0.1) is 0 Å². The molecule has 8 heteroatoms. The first-order valence-corrected chi connectivity index (χ1v) is 9.12. The Balaban J connectivity index is 2.04. The first kappa shape index (κ1) is 16.2.